The summed E-state index contributed by atoms with van der Waals surface area (Å²) in [5.41, 5.74) is 0. The molecule has 3 atom stereocenters. The van der Waals surface area contributed by atoms with E-state index >= 15 is 0 Å². The van der Waals surface area contributed by atoms with Crippen LogP contribution in [0, 0.1) is 17.8 Å². The molecule has 1 aliphatic rings. The first-order valence-corrected chi connectivity index (χ1v) is 5.17. The van der Waals surface area contributed by atoms with E-state index in [0.29, 0.717) is 11.7 Å². The van der Waals surface area contributed by atoms with Crippen molar-refractivity contribution < 1.29 is 4.79 Å². The Morgan fingerprint density at radius 2 is 2.25 bits per heavy atom. The second-order valence-electron chi connectivity index (χ2n) is 4.29. The van der Waals surface area contributed by atoms with E-state index in [2.05, 4.69) is 20.8 Å². The second kappa shape index (κ2) is 4.06. The topological polar surface area (TPSA) is 17.1 Å². The van der Waals surface area contributed by atoms with E-state index in [1.807, 2.05) is 0 Å². The smallest absolute Gasteiger partial charge is 0.135 e. The molecule has 12 heavy (non-hydrogen) atoms. The maximum atomic E-state index is 11.3. The third-order valence-electron chi connectivity index (χ3n) is 3.42. The van der Waals surface area contributed by atoms with Crippen LogP contribution in [0.1, 0.15) is 46.5 Å². The number of hydrogen-bond acceptors (Lipinski definition) is 1. The van der Waals surface area contributed by atoms with Gasteiger partial charge in [0.2, 0.25) is 0 Å². The maximum Gasteiger partial charge on any atom is 0.135 e. The summed E-state index contributed by atoms with van der Waals surface area (Å²) < 4.78 is 0. The lowest BCUT2D eigenvalue weighted by molar-refractivity contribution is -0.125. The molecule has 0 aromatic carbocycles. The fourth-order valence-electron chi connectivity index (χ4n) is 2.13. The maximum absolute atomic E-state index is 11.3. The van der Waals surface area contributed by atoms with Crippen molar-refractivity contribution in [3.63, 3.8) is 0 Å². The molecular formula is C11H20O. The lowest BCUT2D eigenvalue weighted by Gasteiger charge is -2.29. The number of ketones is 1. The number of rotatable bonds is 2. The van der Waals surface area contributed by atoms with E-state index in [4.69, 9.17) is 0 Å². The molecule has 0 spiro atoms. The lowest BCUT2D eigenvalue weighted by Crippen LogP contribution is -2.26. The van der Waals surface area contributed by atoms with E-state index in [0.717, 1.165) is 31.1 Å². The van der Waals surface area contributed by atoms with Crippen LogP contribution >= 0.6 is 0 Å². The fourth-order valence-corrected chi connectivity index (χ4v) is 2.13. The summed E-state index contributed by atoms with van der Waals surface area (Å²) in [6.45, 7) is 6.63. The fraction of sp³-hybridized carbons (Fsp3) is 0.909. The van der Waals surface area contributed by atoms with E-state index in [1.165, 1.54) is 6.42 Å². The molecule has 0 heterocycles. The van der Waals surface area contributed by atoms with Gasteiger partial charge in [-0.05, 0) is 24.7 Å². The normalized spacial score (nSPS) is 33.4. The Kier molecular flexibility index (Phi) is 3.30. The Morgan fingerprint density at radius 1 is 1.58 bits per heavy atom. The highest BCUT2D eigenvalue weighted by molar-refractivity contribution is 5.81. The van der Waals surface area contributed by atoms with Crippen molar-refractivity contribution >= 4 is 5.78 Å². The highest BCUT2D eigenvalue weighted by Gasteiger charge is 2.27. The van der Waals surface area contributed by atoms with E-state index in [-0.39, 0.29) is 0 Å². The van der Waals surface area contributed by atoms with Crippen molar-refractivity contribution in [2.75, 3.05) is 0 Å². The van der Waals surface area contributed by atoms with Gasteiger partial charge in [-0.1, -0.05) is 27.2 Å². The van der Waals surface area contributed by atoms with Crippen LogP contribution in [0.25, 0.3) is 0 Å². The van der Waals surface area contributed by atoms with Crippen molar-refractivity contribution in [1.29, 1.82) is 0 Å². The minimum atomic E-state index is 0.331. The van der Waals surface area contributed by atoms with Gasteiger partial charge in [0, 0.05) is 12.3 Å². The van der Waals surface area contributed by atoms with E-state index in [1.54, 1.807) is 0 Å². The van der Waals surface area contributed by atoms with Crippen LogP contribution in [0.4, 0.5) is 0 Å². The first-order valence-electron chi connectivity index (χ1n) is 5.17. The summed E-state index contributed by atoms with van der Waals surface area (Å²) >= 11 is 0. The first-order chi connectivity index (χ1) is 5.65. The Hall–Kier alpha value is -0.330. The van der Waals surface area contributed by atoms with Gasteiger partial charge < -0.3 is 0 Å². The number of Topliss-reactive ketones (excluding diaryl/α,β-unsaturated/α-hetero) is 1. The minimum Gasteiger partial charge on any atom is -0.299 e. The molecule has 0 bridgehead atoms. The van der Waals surface area contributed by atoms with Gasteiger partial charge in [0.05, 0.1) is 0 Å². The summed E-state index contributed by atoms with van der Waals surface area (Å²) in [4.78, 5) is 11.3. The number of carbonyl (C=O) groups excluding carboxylic acids is 1. The molecule has 1 fully saturated rings. The first kappa shape index (κ1) is 9.76. The molecular weight excluding hydrogens is 148 g/mol. The van der Waals surface area contributed by atoms with Crippen LogP contribution < -0.4 is 0 Å². The second-order valence-corrected chi connectivity index (χ2v) is 4.29. The molecule has 0 aromatic rings. The van der Waals surface area contributed by atoms with Crippen LogP contribution in [0.3, 0.4) is 0 Å². The molecule has 1 saturated carbocycles. The van der Waals surface area contributed by atoms with Crippen molar-refractivity contribution in [2.24, 2.45) is 17.8 Å². The van der Waals surface area contributed by atoms with Crippen LogP contribution in [0.2, 0.25) is 0 Å². The van der Waals surface area contributed by atoms with Gasteiger partial charge >= 0.3 is 0 Å². The van der Waals surface area contributed by atoms with Gasteiger partial charge in [0.15, 0.2) is 0 Å². The standard InChI is InChI=1S/C11H20O/c1-4-8(2)10-5-6-11(12)9(3)7-10/h8-10H,4-7H2,1-3H3. The molecule has 0 radical (unpaired) electrons. The van der Waals surface area contributed by atoms with Gasteiger partial charge in [0.1, 0.15) is 5.78 Å². The van der Waals surface area contributed by atoms with Gasteiger partial charge in [0.25, 0.3) is 0 Å². The quantitative estimate of drug-likeness (QED) is 0.619. The van der Waals surface area contributed by atoms with Crippen LogP contribution in [-0.4, -0.2) is 5.78 Å². The van der Waals surface area contributed by atoms with Crippen molar-refractivity contribution in [3.05, 3.63) is 0 Å². The van der Waals surface area contributed by atoms with Gasteiger partial charge in [-0.2, -0.15) is 0 Å². The molecule has 3 unspecified atom stereocenters. The van der Waals surface area contributed by atoms with Crippen molar-refractivity contribution in [1.82, 2.24) is 0 Å². The molecule has 1 heteroatoms. The summed E-state index contributed by atoms with van der Waals surface area (Å²) in [6.07, 6.45) is 4.35. The number of hydrogen-bond donors (Lipinski definition) is 0. The predicted octanol–water partition coefficient (Wildman–Crippen LogP) is 3.04. The highest BCUT2D eigenvalue weighted by Crippen LogP contribution is 2.32. The molecule has 0 saturated heterocycles. The lowest BCUT2D eigenvalue weighted by atomic mass is 9.75. The molecule has 1 aliphatic carbocycles. The van der Waals surface area contributed by atoms with E-state index < -0.39 is 0 Å². The minimum absolute atomic E-state index is 0.331. The average Bonchev–Trinajstić information content (AvgIpc) is 2.08. The van der Waals surface area contributed by atoms with Gasteiger partial charge in [-0.25, -0.2) is 0 Å². The van der Waals surface area contributed by atoms with Crippen LogP contribution in [0.15, 0.2) is 0 Å². The third kappa shape index (κ3) is 2.09. The largest absolute Gasteiger partial charge is 0.299 e. The Balaban J connectivity index is 2.45. The molecule has 0 aromatic heterocycles. The molecule has 0 N–H and O–H groups in total. The summed E-state index contributed by atoms with van der Waals surface area (Å²) in [7, 11) is 0. The van der Waals surface area contributed by atoms with Crippen molar-refractivity contribution in [3.8, 4) is 0 Å². The Labute approximate surface area is 75.5 Å². The summed E-state index contributed by atoms with van der Waals surface area (Å²) in [5, 5.41) is 0. The Bertz CT molecular complexity index is 162. The summed E-state index contributed by atoms with van der Waals surface area (Å²) in [5.74, 6) is 2.43. The molecule has 70 valence electrons. The molecule has 1 rings (SSSR count). The van der Waals surface area contributed by atoms with E-state index in [9.17, 15) is 4.79 Å². The SMILES string of the molecule is CCC(C)C1CCC(=O)C(C)C1. The zero-order valence-corrected chi connectivity index (χ0v) is 8.47. The molecule has 0 amide bonds. The van der Waals surface area contributed by atoms with Gasteiger partial charge in [-0.3, -0.25) is 4.79 Å². The highest BCUT2D eigenvalue weighted by atomic mass is 16.1. The Morgan fingerprint density at radius 3 is 2.75 bits per heavy atom. The molecule has 1 nitrogen and oxygen atoms in total. The number of carbonyl (C=O) groups is 1. The predicted molar refractivity (Wildman–Crippen MR) is 51.0 cm³/mol. The monoisotopic (exact) mass is 168 g/mol. The summed E-state index contributed by atoms with van der Waals surface area (Å²) in [6, 6.07) is 0. The van der Waals surface area contributed by atoms with Crippen LogP contribution in [0.5, 0.6) is 0 Å². The molecule has 0 aliphatic heterocycles. The zero-order chi connectivity index (χ0) is 9.14. The van der Waals surface area contributed by atoms with Crippen molar-refractivity contribution in [2.45, 2.75) is 46.5 Å². The van der Waals surface area contributed by atoms with Crippen LogP contribution in [-0.2, 0) is 4.79 Å². The average molecular weight is 168 g/mol. The zero-order valence-electron chi connectivity index (χ0n) is 8.47. The van der Waals surface area contributed by atoms with Gasteiger partial charge in [-0.15, -0.1) is 0 Å². The third-order valence-corrected chi connectivity index (χ3v) is 3.42.